The molecule has 0 bridgehead atoms. The van der Waals surface area contributed by atoms with Crippen molar-refractivity contribution in [2.75, 3.05) is 11.4 Å². The SMILES string of the molecule is CCC1CCCCN1c1ncnc(Cl)c1C=O. The van der Waals surface area contributed by atoms with Gasteiger partial charge < -0.3 is 4.90 Å². The molecule has 5 heteroatoms. The number of carbonyl (C=O) groups excluding carboxylic acids is 1. The second-order valence-electron chi connectivity index (χ2n) is 4.27. The van der Waals surface area contributed by atoms with Gasteiger partial charge in [-0.25, -0.2) is 9.97 Å². The maximum absolute atomic E-state index is 11.1. The fourth-order valence-corrected chi connectivity index (χ4v) is 2.57. The molecule has 1 unspecified atom stereocenters. The molecule has 1 aromatic heterocycles. The molecule has 0 amide bonds. The van der Waals surface area contributed by atoms with Crippen LogP contribution in [0.4, 0.5) is 5.82 Å². The standard InChI is InChI=1S/C12H16ClN3O/c1-2-9-5-3-4-6-16(9)12-10(7-17)11(13)14-8-15-12/h7-9H,2-6H2,1H3. The van der Waals surface area contributed by atoms with Crippen molar-refractivity contribution in [2.45, 2.75) is 38.6 Å². The van der Waals surface area contributed by atoms with Crippen molar-refractivity contribution in [1.82, 2.24) is 9.97 Å². The zero-order chi connectivity index (χ0) is 12.3. The van der Waals surface area contributed by atoms with Crippen molar-refractivity contribution in [3.05, 3.63) is 17.0 Å². The lowest BCUT2D eigenvalue weighted by Crippen LogP contribution is -2.40. The average Bonchev–Trinajstić information content (AvgIpc) is 2.38. The summed E-state index contributed by atoms with van der Waals surface area (Å²) in [4.78, 5) is 21.4. The van der Waals surface area contributed by atoms with Gasteiger partial charge in [0.1, 0.15) is 17.3 Å². The zero-order valence-electron chi connectivity index (χ0n) is 9.90. The van der Waals surface area contributed by atoms with E-state index in [1.54, 1.807) is 0 Å². The minimum Gasteiger partial charge on any atom is -0.353 e. The summed E-state index contributed by atoms with van der Waals surface area (Å²) in [6, 6.07) is 0.452. The van der Waals surface area contributed by atoms with Gasteiger partial charge in [0.2, 0.25) is 0 Å². The minimum atomic E-state index is 0.241. The van der Waals surface area contributed by atoms with Crippen molar-refractivity contribution >= 4 is 23.7 Å². The number of rotatable bonds is 3. The summed E-state index contributed by atoms with van der Waals surface area (Å²) in [6.07, 6.45) is 6.75. The summed E-state index contributed by atoms with van der Waals surface area (Å²) in [5.74, 6) is 0.687. The number of hydrogen-bond acceptors (Lipinski definition) is 4. The largest absolute Gasteiger partial charge is 0.353 e. The Kier molecular flexibility index (Phi) is 3.94. The van der Waals surface area contributed by atoms with Crippen LogP contribution in [0, 0.1) is 0 Å². The Morgan fingerprint density at radius 1 is 1.53 bits per heavy atom. The van der Waals surface area contributed by atoms with Gasteiger partial charge in [0.15, 0.2) is 6.29 Å². The molecule has 1 fully saturated rings. The monoisotopic (exact) mass is 253 g/mol. The molecule has 1 aliphatic rings. The number of nitrogens with zero attached hydrogens (tertiary/aromatic N) is 3. The molecule has 1 saturated heterocycles. The summed E-state index contributed by atoms with van der Waals surface area (Å²) in [6.45, 7) is 3.10. The van der Waals surface area contributed by atoms with Gasteiger partial charge in [-0.3, -0.25) is 4.79 Å². The topological polar surface area (TPSA) is 46.1 Å². The summed E-state index contributed by atoms with van der Waals surface area (Å²) in [7, 11) is 0. The van der Waals surface area contributed by atoms with E-state index >= 15 is 0 Å². The van der Waals surface area contributed by atoms with Crippen LogP contribution in [0.15, 0.2) is 6.33 Å². The molecule has 1 aromatic rings. The third-order valence-corrected chi connectivity index (χ3v) is 3.60. The molecule has 0 aromatic carbocycles. The van der Waals surface area contributed by atoms with Gasteiger partial charge in [0, 0.05) is 12.6 Å². The Morgan fingerprint density at radius 3 is 3.06 bits per heavy atom. The van der Waals surface area contributed by atoms with E-state index in [4.69, 9.17) is 11.6 Å². The highest BCUT2D eigenvalue weighted by molar-refractivity contribution is 6.32. The fourth-order valence-electron chi connectivity index (χ4n) is 2.40. The number of carbonyl (C=O) groups is 1. The molecule has 2 heterocycles. The van der Waals surface area contributed by atoms with Crippen LogP contribution in [0.2, 0.25) is 5.15 Å². The van der Waals surface area contributed by atoms with Crippen LogP contribution in [-0.2, 0) is 0 Å². The van der Waals surface area contributed by atoms with E-state index < -0.39 is 0 Å². The predicted octanol–water partition coefficient (Wildman–Crippen LogP) is 2.71. The summed E-state index contributed by atoms with van der Waals surface area (Å²) < 4.78 is 0. The molecule has 17 heavy (non-hydrogen) atoms. The lowest BCUT2D eigenvalue weighted by molar-refractivity contribution is 0.112. The van der Waals surface area contributed by atoms with Gasteiger partial charge in [-0.2, -0.15) is 0 Å². The average molecular weight is 254 g/mol. The highest BCUT2D eigenvalue weighted by Crippen LogP contribution is 2.28. The van der Waals surface area contributed by atoms with Crippen molar-refractivity contribution in [1.29, 1.82) is 0 Å². The number of halogens is 1. The Morgan fingerprint density at radius 2 is 2.35 bits per heavy atom. The molecular formula is C12H16ClN3O. The first-order valence-corrected chi connectivity index (χ1v) is 6.38. The van der Waals surface area contributed by atoms with Crippen LogP contribution < -0.4 is 4.90 Å². The van der Waals surface area contributed by atoms with E-state index in [0.29, 0.717) is 17.4 Å². The lowest BCUT2D eigenvalue weighted by atomic mass is 9.99. The van der Waals surface area contributed by atoms with Crippen molar-refractivity contribution < 1.29 is 4.79 Å². The van der Waals surface area contributed by atoms with Gasteiger partial charge in [0.25, 0.3) is 0 Å². The number of aldehydes is 1. The number of piperidine rings is 1. The molecule has 92 valence electrons. The van der Waals surface area contributed by atoms with Gasteiger partial charge in [-0.05, 0) is 25.7 Å². The molecule has 0 radical (unpaired) electrons. The highest BCUT2D eigenvalue weighted by Gasteiger charge is 2.25. The van der Waals surface area contributed by atoms with E-state index in [9.17, 15) is 4.79 Å². The van der Waals surface area contributed by atoms with Crippen LogP contribution in [-0.4, -0.2) is 28.8 Å². The van der Waals surface area contributed by atoms with Gasteiger partial charge >= 0.3 is 0 Å². The first-order valence-electron chi connectivity index (χ1n) is 6.00. The molecule has 0 spiro atoms. The zero-order valence-corrected chi connectivity index (χ0v) is 10.7. The van der Waals surface area contributed by atoms with E-state index in [-0.39, 0.29) is 5.15 Å². The maximum Gasteiger partial charge on any atom is 0.156 e. The van der Waals surface area contributed by atoms with Crippen LogP contribution in [0.25, 0.3) is 0 Å². The van der Waals surface area contributed by atoms with Crippen molar-refractivity contribution in [3.8, 4) is 0 Å². The summed E-state index contributed by atoms with van der Waals surface area (Å²) in [5.41, 5.74) is 0.412. The number of aromatic nitrogens is 2. The molecular weight excluding hydrogens is 238 g/mol. The quantitative estimate of drug-likeness (QED) is 0.614. The van der Waals surface area contributed by atoms with Crippen LogP contribution in [0.1, 0.15) is 43.0 Å². The lowest BCUT2D eigenvalue weighted by Gasteiger charge is -2.36. The molecule has 0 saturated carbocycles. The minimum absolute atomic E-state index is 0.241. The maximum atomic E-state index is 11.1. The van der Waals surface area contributed by atoms with E-state index in [0.717, 1.165) is 32.1 Å². The van der Waals surface area contributed by atoms with Crippen LogP contribution in [0.3, 0.4) is 0 Å². The Bertz CT molecular complexity index is 411. The van der Waals surface area contributed by atoms with Gasteiger partial charge in [-0.15, -0.1) is 0 Å². The summed E-state index contributed by atoms with van der Waals surface area (Å²) >= 11 is 5.93. The molecule has 4 nitrogen and oxygen atoms in total. The third-order valence-electron chi connectivity index (χ3n) is 3.30. The normalized spacial score (nSPS) is 20.4. The van der Waals surface area contributed by atoms with E-state index in [1.165, 1.54) is 12.7 Å². The summed E-state index contributed by atoms with van der Waals surface area (Å²) in [5, 5.41) is 0.241. The predicted molar refractivity (Wildman–Crippen MR) is 67.7 cm³/mol. The first-order chi connectivity index (χ1) is 8.27. The van der Waals surface area contributed by atoms with E-state index in [1.807, 2.05) is 0 Å². The van der Waals surface area contributed by atoms with Crippen LogP contribution >= 0.6 is 11.6 Å². The highest BCUT2D eigenvalue weighted by atomic mass is 35.5. The molecule has 0 N–H and O–H groups in total. The Hall–Kier alpha value is -1.16. The number of anilines is 1. The van der Waals surface area contributed by atoms with Gasteiger partial charge in [0.05, 0.1) is 5.56 Å². The molecule has 1 aliphatic heterocycles. The van der Waals surface area contributed by atoms with E-state index in [2.05, 4.69) is 21.8 Å². The van der Waals surface area contributed by atoms with Crippen molar-refractivity contribution in [3.63, 3.8) is 0 Å². The van der Waals surface area contributed by atoms with Gasteiger partial charge in [-0.1, -0.05) is 18.5 Å². The van der Waals surface area contributed by atoms with Crippen molar-refractivity contribution in [2.24, 2.45) is 0 Å². The molecule has 1 atom stereocenters. The fraction of sp³-hybridized carbons (Fsp3) is 0.583. The second-order valence-corrected chi connectivity index (χ2v) is 4.63. The molecule has 0 aliphatic carbocycles. The Balaban J connectivity index is 2.37. The second kappa shape index (κ2) is 5.45. The van der Waals surface area contributed by atoms with Crippen LogP contribution in [0.5, 0.6) is 0 Å². The molecule has 2 rings (SSSR count). The third kappa shape index (κ3) is 2.41. The number of hydrogen-bond donors (Lipinski definition) is 0. The Labute approximate surface area is 106 Å². The smallest absolute Gasteiger partial charge is 0.156 e. The first kappa shape index (κ1) is 12.3.